The molecule has 13 heavy (non-hydrogen) atoms. The van der Waals surface area contributed by atoms with E-state index in [-0.39, 0.29) is 0 Å². The predicted octanol–water partition coefficient (Wildman–Crippen LogP) is 0.705. The molecule has 3 nitrogen and oxygen atoms in total. The monoisotopic (exact) mass is 186 g/mol. The molecule has 1 aliphatic carbocycles. The second-order valence-electron chi connectivity index (χ2n) is 3.79. The van der Waals surface area contributed by atoms with Crippen molar-refractivity contribution in [3.63, 3.8) is 0 Å². The largest absolute Gasteiger partial charge is 0.378 e. The summed E-state index contributed by atoms with van der Waals surface area (Å²) in [5, 5.41) is 3.17. The van der Waals surface area contributed by atoms with Crippen LogP contribution < -0.4 is 5.32 Å². The van der Waals surface area contributed by atoms with Crippen molar-refractivity contribution in [3.8, 4) is 0 Å². The molecule has 0 spiro atoms. The second-order valence-corrected chi connectivity index (χ2v) is 3.79. The molecule has 0 bridgehead atoms. The molecular formula is C10H22N2O. The van der Waals surface area contributed by atoms with Gasteiger partial charge in [0.1, 0.15) is 0 Å². The zero-order valence-corrected chi connectivity index (χ0v) is 9.05. The summed E-state index contributed by atoms with van der Waals surface area (Å²) < 4.78 is 5.52. The van der Waals surface area contributed by atoms with Crippen molar-refractivity contribution >= 4 is 0 Å². The molecular weight excluding hydrogens is 164 g/mol. The number of likely N-dealkylation sites (N-methyl/N-ethyl adjacent to an activating group) is 2. The molecule has 0 aromatic rings. The van der Waals surface area contributed by atoms with E-state index in [1.54, 1.807) is 0 Å². The fourth-order valence-corrected chi connectivity index (χ4v) is 1.74. The minimum Gasteiger partial charge on any atom is -0.378 e. The highest BCUT2D eigenvalue weighted by Crippen LogP contribution is 2.26. The van der Waals surface area contributed by atoms with E-state index in [1.165, 1.54) is 12.8 Å². The van der Waals surface area contributed by atoms with Crippen molar-refractivity contribution in [1.29, 1.82) is 0 Å². The Hall–Kier alpha value is -0.120. The van der Waals surface area contributed by atoms with E-state index in [9.17, 15) is 0 Å². The third kappa shape index (κ3) is 3.25. The Morgan fingerprint density at radius 3 is 2.69 bits per heavy atom. The summed E-state index contributed by atoms with van der Waals surface area (Å²) in [6, 6.07) is 0.755. The lowest BCUT2D eigenvalue weighted by atomic mass is 9.88. The number of nitrogens with one attached hydrogen (secondary N) is 1. The Balaban J connectivity index is 2.04. The zero-order valence-electron chi connectivity index (χ0n) is 9.05. The first-order valence-corrected chi connectivity index (χ1v) is 5.24. The normalized spacial score (nSPS) is 27.7. The van der Waals surface area contributed by atoms with Crippen molar-refractivity contribution in [1.82, 2.24) is 10.2 Å². The van der Waals surface area contributed by atoms with E-state index in [1.807, 2.05) is 7.05 Å². The molecule has 0 unspecified atom stereocenters. The van der Waals surface area contributed by atoms with E-state index < -0.39 is 0 Å². The summed E-state index contributed by atoms with van der Waals surface area (Å²) in [5.74, 6) is 0. The highest BCUT2D eigenvalue weighted by molar-refractivity contribution is 4.86. The number of hydrogen-bond acceptors (Lipinski definition) is 3. The SMILES string of the molecule is CCOC1CC(N(C)CCNC)C1. The quantitative estimate of drug-likeness (QED) is 0.661. The van der Waals surface area contributed by atoms with Gasteiger partial charge in [-0.1, -0.05) is 0 Å². The third-order valence-electron chi connectivity index (χ3n) is 2.81. The molecule has 0 aliphatic heterocycles. The minimum atomic E-state index is 0.534. The Morgan fingerprint density at radius 2 is 2.15 bits per heavy atom. The lowest BCUT2D eigenvalue weighted by Gasteiger charge is -2.40. The molecule has 0 aromatic carbocycles. The van der Waals surface area contributed by atoms with Crippen LogP contribution in [0.2, 0.25) is 0 Å². The van der Waals surface area contributed by atoms with Gasteiger partial charge in [0.05, 0.1) is 6.10 Å². The van der Waals surface area contributed by atoms with Gasteiger partial charge in [0.15, 0.2) is 0 Å². The fourth-order valence-electron chi connectivity index (χ4n) is 1.74. The van der Waals surface area contributed by atoms with Crippen molar-refractivity contribution in [2.45, 2.75) is 31.9 Å². The van der Waals surface area contributed by atoms with Gasteiger partial charge in [-0.2, -0.15) is 0 Å². The molecule has 0 radical (unpaired) electrons. The first kappa shape index (κ1) is 11.0. The molecule has 0 heterocycles. The number of ether oxygens (including phenoxy) is 1. The van der Waals surface area contributed by atoms with E-state index in [2.05, 4.69) is 24.2 Å². The molecule has 1 N–H and O–H groups in total. The van der Waals surface area contributed by atoms with Crippen molar-refractivity contribution < 1.29 is 4.74 Å². The third-order valence-corrected chi connectivity index (χ3v) is 2.81. The van der Waals surface area contributed by atoms with Crippen LogP contribution in [0.1, 0.15) is 19.8 Å². The van der Waals surface area contributed by atoms with E-state index >= 15 is 0 Å². The van der Waals surface area contributed by atoms with Crippen LogP contribution in [0.3, 0.4) is 0 Å². The van der Waals surface area contributed by atoms with Gasteiger partial charge in [0.25, 0.3) is 0 Å². The summed E-state index contributed by atoms with van der Waals surface area (Å²) in [6.45, 7) is 5.14. The molecule has 78 valence electrons. The fraction of sp³-hybridized carbons (Fsp3) is 1.00. The van der Waals surface area contributed by atoms with Gasteiger partial charge < -0.3 is 15.0 Å². The highest BCUT2D eigenvalue weighted by atomic mass is 16.5. The zero-order chi connectivity index (χ0) is 9.68. The summed E-state index contributed by atoms with van der Waals surface area (Å²) >= 11 is 0. The Bertz CT molecular complexity index is 135. The topological polar surface area (TPSA) is 24.5 Å². The molecule has 0 saturated heterocycles. The van der Waals surface area contributed by atoms with Crippen molar-refractivity contribution in [3.05, 3.63) is 0 Å². The number of rotatable bonds is 6. The molecule has 1 fully saturated rings. The van der Waals surface area contributed by atoms with Gasteiger partial charge >= 0.3 is 0 Å². The molecule has 1 saturated carbocycles. The van der Waals surface area contributed by atoms with Gasteiger partial charge in [-0.05, 0) is 33.9 Å². The Morgan fingerprint density at radius 1 is 1.46 bits per heavy atom. The van der Waals surface area contributed by atoms with Crippen LogP contribution in [0.5, 0.6) is 0 Å². The van der Waals surface area contributed by atoms with Crippen molar-refractivity contribution in [2.24, 2.45) is 0 Å². The van der Waals surface area contributed by atoms with Gasteiger partial charge in [-0.15, -0.1) is 0 Å². The Labute approximate surface area is 81.4 Å². The maximum Gasteiger partial charge on any atom is 0.0604 e. The lowest BCUT2D eigenvalue weighted by molar-refractivity contribution is -0.0396. The van der Waals surface area contributed by atoms with Gasteiger partial charge in [0.2, 0.25) is 0 Å². The molecule has 0 amide bonds. The standard InChI is InChI=1S/C10H22N2O/c1-4-13-10-7-9(8-10)12(3)6-5-11-2/h9-11H,4-8H2,1-3H3. The summed E-state index contributed by atoms with van der Waals surface area (Å²) in [5.41, 5.74) is 0. The Kier molecular flexibility index (Phi) is 4.70. The smallest absolute Gasteiger partial charge is 0.0604 e. The molecule has 0 atom stereocenters. The van der Waals surface area contributed by atoms with Gasteiger partial charge in [-0.3, -0.25) is 0 Å². The predicted molar refractivity (Wildman–Crippen MR) is 55.0 cm³/mol. The van der Waals surface area contributed by atoms with E-state index in [0.29, 0.717) is 6.10 Å². The van der Waals surface area contributed by atoms with Crippen LogP contribution in [0.4, 0.5) is 0 Å². The summed E-state index contributed by atoms with van der Waals surface area (Å²) in [7, 11) is 4.20. The average molecular weight is 186 g/mol. The molecule has 0 aromatic heterocycles. The van der Waals surface area contributed by atoms with Crippen LogP contribution in [0.25, 0.3) is 0 Å². The van der Waals surface area contributed by atoms with Crippen LogP contribution in [0.15, 0.2) is 0 Å². The van der Waals surface area contributed by atoms with Gasteiger partial charge in [0, 0.05) is 25.7 Å². The van der Waals surface area contributed by atoms with Crippen LogP contribution in [-0.2, 0) is 4.74 Å². The highest BCUT2D eigenvalue weighted by Gasteiger charge is 2.31. The van der Waals surface area contributed by atoms with E-state index in [4.69, 9.17) is 4.74 Å². The lowest BCUT2D eigenvalue weighted by Crippen LogP contribution is -2.47. The van der Waals surface area contributed by atoms with Crippen LogP contribution >= 0.6 is 0 Å². The van der Waals surface area contributed by atoms with Crippen LogP contribution in [-0.4, -0.2) is 50.8 Å². The second kappa shape index (κ2) is 5.58. The molecule has 3 heteroatoms. The molecule has 1 rings (SSSR count). The summed E-state index contributed by atoms with van der Waals surface area (Å²) in [6.07, 6.45) is 2.97. The molecule has 1 aliphatic rings. The number of hydrogen-bond donors (Lipinski definition) is 1. The van der Waals surface area contributed by atoms with E-state index in [0.717, 1.165) is 25.7 Å². The van der Waals surface area contributed by atoms with Crippen LogP contribution in [0, 0.1) is 0 Å². The average Bonchev–Trinajstić information content (AvgIpc) is 2.06. The first-order valence-electron chi connectivity index (χ1n) is 5.24. The van der Waals surface area contributed by atoms with Crippen molar-refractivity contribution in [2.75, 3.05) is 33.8 Å². The van der Waals surface area contributed by atoms with Gasteiger partial charge in [-0.25, -0.2) is 0 Å². The number of nitrogens with zero attached hydrogens (tertiary/aromatic N) is 1. The maximum absolute atomic E-state index is 5.52. The first-order chi connectivity index (χ1) is 6.27. The maximum atomic E-state index is 5.52. The minimum absolute atomic E-state index is 0.534. The summed E-state index contributed by atoms with van der Waals surface area (Å²) in [4.78, 5) is 2.42.